The van der Waals surface area contributed by atoms with Crippen LogP contribution in [0.3, 0.4) is 0 Å². The molecule has 1 amide bonds. The van der Waals surface area contributed by atoms with Crippen LogP contribution in [-0.2, 0) is 11.3 Å². The zero-order chi connectivity index (χ0) is 20.1. The van der Waals surface area contributed by atoms with Gasteiger partial charge in [0.05, 0.1) is 6.61 Å². The Balaban J connectivity index is 0.00000729. The van der Waals surface area contributed by atoms with Gasteiger partial charge >= 0.3 is 0 Å². The Morgan fingerprint density at radius 2 is 1.93 bits per heavy atom. The van der Waals surface area contributed by atoms with Crippen LogP contribution < -0.4 is 16.0 Å². The molecule has 0 aliphatic heterocycles. The summed E-state index contributed by atoms with van der Waals surface area (Å²) in [6, 6.07) is 7.82. The van der Waals surface area contributed by atoms with Gasteiger partial charge in [0.25, 0.3) is 5.91 Å². The molecule has 0 saturated heterocycles. The standard InChI is InChI=1S/C21H36N4O2.HI/c1-6-17(4)25-20(26)19-9-7-8-18(14-19)15-24-21(22-5)23-11-13-27-12-10-16(2)3;/h7-9,14,16-17H,6,10-13,15H2,1-5H3,(H,25,26)(H2,22,23,24);1H. The van der Waals surface area contributed by atoms with Crippen molar-refractivity contribution >= 4 is 35.8 Å². The van der Waals surface area contributed by atoms with E-state index in [1.165, 1.54) is 0 Å². The highest BCUT2D eigenvalue weighted by Gasteiger charge is 2.09. The normalized spacial score (nSPS) is 12.3. The Kier molecular flexibility index (Phi) is 14.8. The average molecular weight is 504 g/mol. The smallest absolute Gasteiger partial charge is 0.251 e. The highest BCUT2D eigenvalue weighted by atomic mass is 127. The Bertz CT molecular complexity index is 594. The van der Waals surface area contributed by atoms with Crippen LogP contribution >= 0.6 is 24.0 Å². The molecular weight excluding hydrogens is 467 g/mol. The highest BCUT2D eigenvalue weighted by molar-refractivity contribution is 14.0. The molecule has 28 heavy (non-hydrogen) atoms. The maximum atomic E-state index is 12.2. The number of guanidine groups is 1. The van der Waals surface area contributed by atoms with E-state index in [1.54, 1.807) is 7.05 Å². The molecule has 0 spiro atoms. The first-order valence-corrected chi connectivity index (χ1v) is 9.88. The van der Waals surface area contributed by atoms with Gasteiger partial charge in [0.2, 0.25) is 0 Å². The lowest BCUT2D eigenvalue weighted by molar-refractivity contribution is 0.0939. The number of nitrogens with one attached hydrogen (secondary N) is 3. The molecule has 1 aromatic rings. The fourth-order valence-electron chi connectivity index (χ4n) is 2.30. The SMILES string of the molecule is CCC(C)NC(=O)c1cccc(CNC(=NC)NCCOCCC(C)C)c1.I. The molecule has 0 saturated carbocycles. The predicted molar refractivity (Wildman–Crippen MR) is 128 cm³/mol. The van der Waals surface area contributed by atoms with Gasteiger partial charge in [0.15, 0.2) is 5.96 Å². The van der Waals surface area contributed by atoms with E-state index in [2.05, 4.69) is 41.7 Å². The van der Waals surface area contributed by atoms with Crippen molar-refractivity contribution in [3.05, 3.63) is 35.4 Å². The molecule has 3 N–H and O–H groups in total. The minimum Gasteiger partial charge on any atom is -0.380 e. The summed E-state index contributed by atoms with van der Waals surface area (Å²) in [4.78, 5) is 16.5. The molecular formula is C21H37IN4O2. The van der Waals surface area contributed by atoms with E-state index in [9.17, 15) is 4.79 Å². The summed E-state index contributed by atoms with van der Waals surface area (Å²) >= 11 is 0. The first-order chi connectivity index (χ1) is 13.0. The summed E-state index contributed by atoms with van der Waals surface area (Å²) in [6.07, 6.45) is 1.99. The second-order valence-corrected chi connectivity index (χ2v) is 7.13. The van der Waals surface area contributed by atoms with Crippen LogP contribution in [0.25, 0.3) is 0 Å². The topological polar surface area (TPSA) is 74.8 Å². The van der Waals surface area contributed by atoms with Crippen LogP contribution in [0, 0.1) is 5.92 Å². The number of rotatable bonds is 11. The van der Waals surface area contributed by atoms with Crippen molar-refractivity contribution in [2.75, 3.05) is 26.8 Å². The third kappa shape index (κ3) is 11.5. The summed E-state index contributed by atoms with van der Waals surface area (Å²) < 4.78 is 5.60. The van der Waals surface area contributed by atoms with Crippen LogP contribution in [0.5, 0.6) is 0 Å². The van der Waals surface area contributed by atoms with Crippen LogP contribution in [-0.4, -0.2) is 44.7 Å². The first-order valence-electron chi connectivity index (χ1n) is 9.88. The predicted octanol–water partition coefficient (Wildman–Crippen LogP) is 3.56. The molecule has 0 aliphatic carbocycles. The lowest BCUT2D eigenvalue weighted by Gasteiger charge is -2.14. The second kappa shape index (κ2) is 15.6. The van der Waals surface area contributed by atoms with Crippen molar-refractivity contribution in [2.45, 2.75) is 53.1 Å². The fourth-order valence-corrected chi connectivity index (χ4v) is 2.30. The summed E-state index contributed by atoms with van der Waals surface area (Å²) in [5, 5.41) is 9.49. The minimum atomic E-state index is -0.0350. The van der Waals surface area contributed by atoms with Crippen LogP contribution in [0.15, 0.2) is 29.3 Å². The lowest BCUT2D eigenvalue weighted by Crippen LogP contribution is -2.38. The number of ether oxygens (including phenoxy) is 1. The largest absolute Gasteiger partial charge is 0.380 e. The van der Waals surface area contributed by atoms with Crippen molar-refractivity contribution in [2.24, 2.45) is 10.9 Å². The summed E-state index contributed by atoms with van der Waals surface area (Å²) in [5.74, 6) is 1.35. The highest BCUT2D eigenvalue weighted by Crippen LogP contribution is 2.06. The van der Waals surface area contributed by atoms with E-state index in [0.29, 0.717) is 31.2 Å². The third-order valence-electron chi connectivity index (χ3n) is 4.24. The fraction of sp³-hybridized carbons (Fsp3) is 0.619. The van der Waals surface area contributed by atoms with E-state index in [-0.39, 0.29) is 35.9 Å². The monoisotopic (exact) mass is 504 g/mol. The number of hydrogen-bond acceptors (Lipinski definition) is 3. The van der Waals surface area contributed by atoms with Gasteiger partial charge in [-0.05, 0) is 43.4 Å². The molecule has 1 aromatic carbocycles. The number of carbonyl (C=O) groups excluding carboxylic acids is 1. The van der Waals surface area contributed by atoms with Gasteiger partial charge in [-0.2, -0.15) is 0 Å². The molecule has 0 aliphatic rings. The van der Waals surface area contributed by atoms with Gasteiger partial charge in [-0.3, -0.25) is 9.79 Å². The minimum absolute atomic E-state index is 0. The van der Waals surface area contributed by atoms with Crippen molar-refractivity contribution in [3.8, 4) is 0 Å². The van der Waals surface area contributed by atoms with E-state index in [0.717, 1.165) is 31.0 Å². The molecule has 0 fully saturated rings. The van der Waals surface area contributed by atoms with Gasteiger partial charge < -0.3 is 20.7 Å². The van der Waals surface area contributed by atoms with Crippen LogP contribution in [0.4, 0.5) is 0 Å². The molecule has 1 atom stereocenters. The zero-order valence-electron chi connectivity index (χ0n) is 17.9. The van der Waals surface area contributed by atoms with Crippen molar-refractivity contribution < 1.29 is 9.53 Å². The molecule has 0 aromatic heterocycles. The lowest BCUT2D eigenvalue weighted by atomic mass is 10.1. The molecule has 0 radical (unpaired) electrons. The molecule has 160 valence electrons. The van der Waals surface area contributed by atoms with Gasteiger partial charge in [-0.25, -0.2) is 0 Å². The summed E-state index contributed by atoms with van der Waals surface area (Å²) in [7, 11) is 1.74. The van der Waals surface area contributed by atoms with E-state index < -0.39 is 0 Å². The van der Waals surface area contributed by atoms with Gasteiger partial charge in [0.1, 0.15) is 0 Å². The number of carbonyl (C=O) groups is 1. The number of aliphatic imine (C=N–C) groups is 1. The maximum absolute atomic E-state index is 12.2. The van der Waals surface area contributed by atoms with Crippen molar-refractivity contribution in [1.29, 1.82) is 0 Å². The zero-order valence-corrected chi connectivity index (χ0v) is 20.2. The maximum Gasteiger partial charge on any atom is 0.251 e. The van der Waals surface area contributed by atoms with Crippen LogP contribution in [0.1, 0.15) is 56.5 Å². The number of amides is 1. The Morgan fingerprint density at radius 1 is 1.18 bits per heavy atom. The third-order valence-corrected chi connectivity index (χ3v) is 4.24. The van der Waals surface area contributed by atoms with Crippen molar-refractivity contribution in [3.63, 3.8) is 0 Å². The van der Waals surface area contributed by atoms with Gasteiger partial charge in [0, 0.05) is 38.3 Å². The molecule has 7 heteroatoms. The number of nitrogens with zero attached hydrogens (tertiary/aromatic N) is 1. The molecule has 0 heterocycles. The first kappa shape index (κ1) is 26.6. The summed E-state index contributed by atoms with van der Waals surface area (Å²) in [6.45, 7) is 11.2. The molecule has 1 rings (SSSR count). The summed E-state index contributed by atoms with van der Waals surface area (Å²) in [5.41, 5.74) is 1.71. The van der Waals surface area contributed by atoms with E-state index in [4.69, 9.17) is 4.74 Å². The van der Waals surface area contributed by atoms with Gasteiger partial charge in [-0.15, -0.1) is 24.0 Å². The molecule has 0 bridgehead atoms. The quantitative estimate of drug-likeness (QED) is 0.187. The Labute approximate surface area is 187 Å². The molecule has 6 nitrogen and oxygen atoms in total. The number of halogens is 1. The van der Waals surface area contributed by atoms with Crippen LogP contribution in [0.2, 0.25) is 0 Å². The Morgan fingerprint density at radius 3 is 2.57 bits per heavy atom. The van der Waals surface area contributed by atoms with E-state index >= 15 is 0 Å². The number of benzene rings is 1. The van der Waals surface area contributed by atoms with Crippen molar-refractivity contribution in [1.82, 2.24) is 16.0 Å². The Hall–Kier alpha value is -1.35. The van der Waals surface area contributed by atoms with Gasteiger partial charge in [-0.1, -0.05) is 32.9 Å². The second-order valence-electron chi connectivity index (χ2n) is 7.13. The van der Waals surface area contributed by atoms with E-state index in [1.807, 2.05) is 31.2 Å². The number of hydrogen-bond donors (Lipinski definition) is 3. The average Bonchev–Trinajstić information content (AvgIpc) is 2.66. The molecule has 1 unspecified atom stereocenters.